The molecular formula is C16H27N3O. The van der Waals surface area contributed by atoms with Crippen LogP contribution in [0.3, 0.4) is 0 Å². The van der Waals surface area contributed by atoms with Gasteiger partial charge in [-0.15, -0.1) is 0 Å². The lowest BCUT2D eigenvalue weighted by atomic mass is 10.0. The number of hydrogen-bond donors (Lipinski definition) is 1. The van der Waals surface area contributed by atoms with Gasteiger partial charge in [0.15, 0.2) is 11.6 Å². The summed E-state index contributed by atoms with van der Waals surface area (Å²) in [5.74, 6) is 1.71. The summed E-state index contributed by atoms with van der Waals surface area (Å²) in [6.07, 6.45) is 7.04. The minimum atomic E-state index is 0.672. The van der Waals surface area contributed by atoms with Gasteiger partial charge >= 0.3 is 0 Å². The zero-order chi connectivity index (χ0) is 14.2. The molecule has 0 saturated carbocycles. The second-order valence-corrected chi connectivity index (χ2v) is 5.44. The molecule has 0 amide bonds. The van der Waals surface area contributed by atoms with Crippen LogP contribution in [-0.2, 0) is 0 Å². The normalized spacial score (nSPS) is 19.8. The number of pyridine rings is 1. The van der Waals surface area contributed by atoms with Gasteiger partial charge in [-0.3, -0.25) is 0 Å². The first-order chi connectivity index (χ1) is 9.81. The Morgan fingerprint density at radius 3 is 3.15 bits per heavy atom. The Morgan fingerprint density at radius 2 is 2.35 bits per heavy atom. The molecular weight excluding hydrogens is 250 g/mol. The van der Waals surface area contributed by atoms with Crippen molar-refractivity contribution in [3.05, 3.63) is 18.3 Å². The van der Waals surface area contributed by atoms with Gasteiger partial charge in [0, 0.05) is 25.3 Å². The van der Waals surface area contributed by atoms with Gasteiger partial charge in [0.05, 0.1) is 6.61 Å². The monoisotopic (exact) mass is 277 g/mol. The van der Waals surface area contributed by atoms with Gasteiger partial charge in [-0.25, -0.2) is 4.98 Å². The van der Waals surface area contributed by atoms with Crippen LogP contribution in [0.1, 0.15) is 39.5 Å². The van der Waals surface area contributed by atoms with Gasteiger partial charge < -0.3 is 15.0 Å². The molecule has 20 heavy (non-hydrogen) atoms. The standard InChI is InChI=1S/C16H27N3O/c1-3-20-15-9-6-10-17-16(15)18-11-7-13-19-12-5-4-8-14(19)2/h6,9-10,14H,3-5,7-8,11-13H2,1-2H3,(H,17,18). The molecule has 1 aromatic rings. The van der Waals surface area contributed by atoms with E-state index in [0.717, 1.165) is 30.6 Å². The minimum absolute atomic E-state index is 0.672. The van der Waals surface area contributed by atoms with E-state index in [2.05, 4.69) is 22.1 Å². The fraction of sp³-hybridized carbons (Fsp3) is 0.688. The average Bonchev–Trinajstić information content (AvgIpc) is 2.47. The molecule has 1 aliphatic heterocycles. The molecule has 2 heterocycles. The summed E-state index contributed by atoms with van der Waals surface area (Å²) in [6, 6.07) is 4.62. The Labute approximate surface area is 122 Å². The van der Waals surface area contributed by atoms with Crippen LogP contribution in [0.15, 0.2) is 18.3 Å². The van der Waals surface area contributed by atoms with E-state index in [4.69, 9.17) is 4.74 Å². The molecule has 1 aliphatic rings. The molecule has 2 rings (SSSR count). The van der Waals surface area contributed by atoms with Gasteiger partial charge in [-0.1, -0.05) is 6.42 Å². The Bertz CT molecular complexity index is 397. The Hall–Kier alpha value is -1.29. The van der Waals surface area contributed by atoms with E-state index in [-0.39, 0.29) is 0 Å². The van der Waals surface area contributed by atoms with E-state index in [1.165, 1.54) is 32.4 Å². The van der Waals surface area contributed by atoms with Crippen molar-refractivity contribution in [3.8, 4) is 5.75 Å². The molecule has 0 aromatic carbocycles. The maximum Gasteiger partial charge on any atom is 0.168 e. The third kappa shape index (κ3) is 4.37. The highest BCUT2D eigenvalue weighted by atomic mass is 16.5. The largest absolute Gasteiger partial charge is 0.490 e. The smallest absolute Gasteiger partial charge is 0.168 e. The van der Waals surface area contributed by atoms with Gasteiger partial charge in [-0.2, -0.15) is 0 Å². The number of piperidine rings is 1. The summed E-state index contributed by atoms with van der Waals surface area (Å²) in [6.45, 7) is 8.39. The molecule has 1 atom stereocenters. The third-order valence-electron chi connectivity index (χ3n) is 3.93. The SMILES string of the molecule is CCOc1cccnc1NCCCN1CCCCC1C. The molecule has 1 aromatic heterocycles. The van der Waals surface area contributed by atoms with E-state index < -0.39 is 0 Å². The highest BCUT2D eigenvalue weighted by Gasteiger charge is 2.17. The summed E-state index contributed by atoms with van der Waals surface area (Å²) in [7, 11) is 0. The van der Waals surface area contributed by atoms with E-state index in [9.17, 15) is 0 Å². The zero-order valence-electron chi connectivity index (χ0n) is 12.8. The zero-order valence-corrected chi connectivity index (χ0v) is 12.8. The van der Waals surface area contributed by atoms with Gasteiger partial charge in [-0.05, 0) is 51.8 Å². The van der Waals surface area contributed by atoms with Gasteiger partial charge in [0.25, 0.3) is 0 Å². The van der Waals surface area contributed by atoms with E-state index in [0.29, 0.717) is 6.61 Å². The van der Waals surface area contributed by atoms with E-state index >= 15 is 0 Å². The third-order valence-corrected chi connectivity index (χ3v) is 3.93. The van der Waals surface area contributed by atoms with Crippen molar-refractivity contribution in [2.24, 2.45) is 0 Å². The molecule has 1 unspecified atom stereocenters. The van der Waals surface area contributed by atoms with Crippen LogP contribution in [0.2, 0.25) is 0 Å². The van der Waals surface area contributed by atoms with Crippen molar-refractivity contribution in [1.29, 1.82) is 0 Å². The second-order valence-electron chi connectivity index (χ2n) is 5.44. The average molecular weight is 277 g/mol. The Balaban J connectivity index is 1.73. The lowest BCUT2D eigenvalue weighted by Gasteiger charge is -2.33. The van der Waals surface area contributed by atoms with Crippen LogP contribution in [0.5, 0.6) is 5.75 Å². The molecule has 1 N–H and O–H groups in total. The number of hydrogen-bond acceptors (Lipinski definition) is 4. The van der Waals surface area contributed by atoms with Gasteiger partial charge in [0.2, 0.25) is 0 Å². The fourth-order valence-corrected chi connectivity index (χ4v) is 2.77. The van der Waals surface area contributed by atoms with Crippen LogP contribution in [0.25, 0.3) is 0 Å². The molecule has 112 valence electrons. The topological polar surface area (TPSA) is 37.4 Å². The molecule has 4 heteroatoms. The van der Waals surface area contributed by atoms with Gasteiger partial charge in [0.1, 0.15) is 0 Å². The molecule has 1 saturated heterocycles. The number of likely N-dealkylation sites (tertiary alicyclic amines) is 1. The number of rotatable bonds is 7. The lowest BCUT2D eigenvalue weighted by Crippen LogP contribution is -2.38. The molecule has 0 bridgehead atoms. The number of anilines is 1. The van der Waals surface area contributed by atoms with E-state index in [1.807, 2.05) is 19.1 Å². The molecule has 0 radical (unpaired) electrons. The number of aromatic nitrogens is 1. The molecule has 1 fully saturated rings. The lowest BCUT2D eigenvalue weighted by molar-refractivity contribution is 0.160. The molecule has 4 nitrogen and oxygen atoms in total. The predicted molar refractivity (Wildman–Crippen MR) is 83.4 cm³/mol. The van der Waals surface area contributed by atoms with Crippen molar-refractivity contribution in [2.45, 2.75) is 45.6 Å². The van der Waals surface area contributed by atoms with Crippen LogP contribution >= 0.6 is 0 Å². The first-order valence-corrected chi connectivity index (χ1v) is 7.87. The van der Waals surface area contributed by atoms with Crippen molar-refractivity contribution >= 4 is 5.82 Å². The van der Waals surface area contributed by atoms with Crippen molar-refractivity contribution in [2.75, 3.05) is 31.6 Å². The number of nitrogens with one attached hydrogen (secondary N) is 1. The number of ether oxygens (including phenoxy) is 1. The maximum atomic E-state index is 5.57. The van der Waals surface area contributed by atoms with Crippen LogP contribution in [0.4, 0.5) is 5.82 Å². The quantitative estimate of drug-likeness (QED) is 0.777. The summed E-state index contributed by atoms with van der Waals surface area (Å²) in [4.78, 5) is 6.95. The Kier molecular flexibility index (Phi) is 6.12. The fourth-order valence-electron chi connectivity index (χ4n) is 2.77. The molecule has 0 aliphatic carbocycles. The molecule has 0 spiro atoms. The predicted octanol–water partition coefficient (Wildman–Crippen LogP) is 3.16. The van der Waals surface area contributed by atoms with Crippen LogP contribution in [0, 0.1) is 0 Å². The number of nitrogens with zero attached hydrogens (tertiary/aromatic N) is 2. The summed E-state index contributed by atoms with van der Waals surface area (Å²) in [5, 5.41) is 3.39. The highest BCUT2D eigenvalue weighted by Crippen LogP contribution is 2.21. The maximum absolute atomic E-state index is 5.57. The van der Waals surface area contributed by atoms with Crippen molar-refractivity contribution < 1.29 is 4.74 Å². The highest BCUT2D eigenvalue weighted by molar-refractivity contribution is 5.49. The van der Waals surface area contributed by atoms with Crippen LogP contribution < -0.4 is 10.1 Å². The van der Waals surface area contributed by atoms with Crippen molar-refractivity contribution in [1.82, 2.24) is 9.88 Å². The van der Waals surface area contributed by atoms with Crippen molar-refractivity contribution in [3.63, 3.8) is 0 Å². The summed E-state index contributed by atoms with van der Waals surface area (Å²) >= 11 is 0. The van der Waals surface area contributed by atoms with Crippen LogP contribution in [-0.4, -0.2) is 42.2 Å². The summed E-state index contributed by atoms with van der Waals surface area (Å²) in [5.41, 5.74) is 0. The minimum Gasteiger partial charge on any atom is -0.490 e. The second kappa shape index (κ2) is 8.10. The first-order valence-electron chi connectivity index (χ1n) is 7.87. The summed E-state index contributed by atoms with van der Waals surface area (Å²) < 4.78 is 5.57. The Morgan fingerprint density at radius 1 is 1.45 bits per heavy atom. The van der Waals surface area contributed by atoms with E-state index in [1.54, 1.807) is 6.20 Å². The first kappa shape index (κ1) is 15.1.